The number of benzene rings is 1. The fraction of sp³-hybridized carbons (Fsp3) is 0.571. The van der Waals surface area contributed by atoms with Gasteiger partial charge >= 0.3 is 5.97 Å². The van der Waals surface area contributed by atoms with Gasteiger partial charge in [0.1, 0.15) is 24.0 Å². The molecular weight excluding hydrogens is 523 g/mol. The number of fused-ring (bicyclic) bond motifs is 3. The summed E-state index contributed by atoms with van der Waals surface area (Å²) in [5.41, 5.74) is -3.72. The number of carbonyl (C=O) groups excluding carboxylic acids is 1. The predicted octanol–water partition coefficient (Wildman–Crippen LogP) is 6.31. The first kappa shape index (κ1) is 28.5. The van der Waals surface area contributed by atoms with Crippen LogP contribution in [0.25, 0.3) is 11.1 Å². The molecule has 1 aromatic carbocycles. The van der Waals surface area contributed by atoms with E-state index in [0.717, 1.165) is 23.8 Å². The Labute approximate surface area is 225 Å². The summed E-state index contributed by atoms with van der Waals surface area (Å²) >= 11 is 6.16. The monoisotopic (exact) mass is 555 g/mol. The van der Waals surface area contributed by atoms with Crippen LogP contribution in [-0.4, -0.2) is 47.0 Å². The fourth-order valence-electron chi connectivity index (χ4n) is 4.73. The number of pyridine rings is 1. The minimum Gasteiger partial charge on any atom is -0.488 e. The Bertz CT molecular complexity index is 1250. The summed E-state index contributed by atoms with van der Waals surface area (Å²) in [5.74, 6) is -0.667. The van der Waals surface area contributed by atoms with Crippen LogP contribution in [-0.2, 0) is 20.7 Å². The first-order chi connectivity index (χ1) is 17.7. The molecule has 0 radical (unpaired) electrons. The van der Waals surface area contributed by atoms with Gasteiger partial charge in [-0.15, -0.1) is 0 Å². The zero-order chi connectivity index (χ0) is 27.9. The molecule has 1 aromatic heterocycles. The lowest BCUT2D eigenvalue weighted by Gasteiger charge is -2.38. The van der Waals surface area contributed by atoms with Crippen LogP contribution >= 0.6 is 11.6 Å². The van der Waals surface area contributed by atoms with Crippen LogP contribution in [0.2, 0.25) is 5.02 Å². The minimum absolute atomic E-state index is 0.0177. The van der Waals surface area contributed by atoms with Gasteiger partial charge in [0.25, 0.3) is 12.0 Å². The number of alkyl halides is 3. The summed E-state index contributed by atoms with van der Waals surface area (Å²) in [6.45, 7) is 6.40. The minimum atomic E-state index is -3.31. The second-order valence-electron chi connectivity index (χ2n) is 11.4. The molecule has 4 rings (SSSR count). The lowest BCUT2D eigenvalue weighted by molar-refractivity contribution is -0.161. The van der Waals surface area contributed by atoms with E-state index in [0.29, 0.717) is 5.56 Å². The highest BCUT2D eigenvalue weighted by atomic mass is 35.5. The number of aromatic nitrogens is 1. The van der Waals surface area contributed by atoms with Crippen LogP contribution in [0.5, 0.6) is 5.75 Å². The zero-order valence-electron chi connectivity index (χ0n) is 22.0. The maximum Gasteiger partial charge on any atom is 0.329 e. The Morgan fingerprint density at radius 1 is 1.21 bits per heavy atom. The lowest BCUT2D eigenvalue weighted by atomic mass is 9.82. The van der Waals surface area contributed by atoms with E-state index in [2.05, 4.69) is 0 Å². The molecule has 6 nitrogen and oxygen atoms in total. The van der Waals surface area contributed by atoms with E-state index in [1.54, 1.807) is 20.8 Å². The highest BCUT2D eigenvalue weighted by molar-refractivity contribution is 6.30. The molecule has 1 fully saturated rings. The maximum absolute atomic E-state index is 15.3. The van der Waals surface area contributed by atoms with Crippen LogP contribution in [0, 0.1) is 0 Å². The molecule has 2 heterocycles. The molecule has 1 saturated carbocycles. The molecule has 10 heteroatoms. The lowest BCUT2D eigenvalue weighted by Crippen LogP contribution is -2.42. The van der Waals surface area contributed by atoms with Gasteiger partial charge in [0.2, 0.25) is 5.67 Å². The molecule has 1 aliphatic heterocycles. The molecule has 1 aliphatic carbocycles. The van der Waals surface area contributed by atoms with Crippen molar-refractivity contribution >= 4 is 17.6 Å². The molecule has 1 unspecified atom stereocenters. The standard InChI is InChI=1S/C28H33ClF3NO5/c1-26(2,3)38-24(35)21(8-11-37-27(4)9-5-10-27)33-15-22-20(13-23(33)34)19-12-18(29)7-6-17(19)14-28(32,16-36-22)25(30)31/h6-7,12-13,15,21,25H,5,8-11,14,16H2,1-4H3/t21?,28-/m1/s1. The number of ether oxygens (including phenoxy) is 3. The van der Waals surface area contributed by atoms with E-state index in [9.17, 15) is 18.4 Å². The molecular formula is C28H33ClF3NO5. The number of hydrogen-bond acceptors (Lipinski definition) is 5. The van der Waals surface area contributed by atoms with Gasteiger partial charge in [0, 0.05) is 36.1 Å². The summed E-state index contributed by atoms with van der Waals surface area (Å²) in [7, 11) is 0. The van der Waals surface area contributed by atoms with Crippen molar-refractivity contribution < 1.29 is 32.2 Å². The number of rotatable bonds is 7. The molecule has 0 amide bonds. The summed E-state index contributed by atoms with van der Waals surface area (Å²) in [5, 5.41) is 0.286. The van der Waals surface area contributed by atoms with Crippen LogP contribution in [0.4, 0.5) is 13.2 Å². The van der Waals surface area contributed by atoms with Crippen molar-refractivity contribution in [2.45, 2.75) is 89.1 Å². The summed E-state index contributed by atoms with van der Waals surface area (Å²) in [4.78, 5) is 26.6. The largest absolute Gasteiger partial charge is 0.488 e. The predicted molar refractivity (Wildman–Crippen MR) is 138 cm³/mol. The van der Waals surface area contributed by atoms with Gasteiger partial charge < -0.3 is 14.2 Å². The van der Waals surface area contributed by atoms with Crippen molar-refractivity contribution in [1.29, 1.82) is 0 Å². The summed E-state index contributed by atoms with van der Waals surface area (Å²) < 4.78 is 61.1. The highest BCUT2D eigenvalue weighted by Gasteiger charge is 2.44. The maximum atomic E-state index is 15.3. The van der Waals surface area contributed by atoms with Crippen LogP contribution in [0.1, 0.15) is 65.0 Å². The molecule has 2 aliphatic rings. The Balaban J connectivity index is 1.76. The number of nitrogens with zero attached hydrogens (tertiary/aromatic N) is 1. The quantitative estimate of drug-likeness (QED) is 0.375. The molecule has 2 aromatic rings. The average Bonchev–Trinajstić information content (AvgIpc) is 2.79. The molecule has 2 atom stereocenters. The average molecular weight is 556 g/mol. The van der Waals surface area contributed by atoms with Crippen molar-refractivity contribution in [1.82, 2.24) is 4.57 Å². The van der Waals surface area contributed by atoms with E-state index in [1.807, 2.05) is 6.92 Å². The van der Waals surface area contributed by atoms with Crippen molar-refractivity contribution in [3.63, 3.8) is 0 Å². The number of carbonyl (C=O) groups is 1. The van der Waals surface area contributed by atoms with Gasteiger partial charge in [-0.2, -0.15) is 0 Å². The third-order valence-electron chi connectivity index (χ3n) is 7.02. The van der Waals surface area contributed by atoms with Crippen molar-refractivity contribution in [2.75, 3.05) is 13.2 Å². The van der Waals surface area contributed by atoms with Gasteiger partial charge in [-0.3, -0.25) is 9.36 Å². The van der Waals surface area contributed by atoms with Gasteiger partial charge in [0.05, 0.1) is 11.8 Å². The summed E-state index contributed by atoms with van der Waals surface area (Å²) in [6, 6.07) is 4.62. The van der Waals surface area contributed by atoms with Crippen molar-refractivity contribution in [3.8, 4) is 16.9 Å². The highest BCUT2D eigenvalue weighted by Crippen LogP contribution is 2.40. The number of hydrogen-bond donors (Lipinski definition) is 0. The van der Waals surface area contributed by atoms with Crippen LogP contribution in [0.3, 0.4) is 0 Å². The normalized spacial score (nSPS) is 21.3. The fourth-order valence-corrected chi connectivity index (χ4v) is 4.91. The Hall–Kier alpha value is -2.52. The van der Waals surface area contributed by atoms with Gasteiger partial charge in [-0.05, 0) is 70.2 Å². The van der Waals surface area contributed by atoms with E-state index < -0.39 is 48.3 Å². The van der Waals surface area contributed by atoms with Crippen LogP contribution in [0.15, 0.2) is 35.3 Å². The van der Waals surface area contributed by atoms with E-state index in [1.165, 1.54) is 30.5 Å². The van der Waals surface area contributed by atoms with E-state index >= 15 is 4.39 Å². The number of halogens is 4. The zero-order valence-corrected chi connectivity index (χ0v) is 22.7. The first-order valence-electron chi connectivity index (χ1n) is 12.7. The third-order valence-corrected chi connectivity index (χ3v) is 7.25. The Morgan fingerprint density at radius 3 is 2.53 bits per heavy atom. The topological polar surface area (TPSA) is 66.8 Å². The van der Waals surface area contributed by atoms with Gasteiger partial charge in [-0.1, -0.05) is 17.7 Å². The molecule has 208 valence electrons. The van der Waals surface area contributed by atoms with Gasteiger partial charge in [0.15, 0.2) is 0 Å². The first-order valence-corrected chi connectivity index (χ1v) is 13.1. The Morgan fingerprint density at radius 2 is 1.92 bits per heavy atom. The SMILES string of the molecule is CC(C)(C)OC(=O)C(CCOC1(C)CCC1)n1cc2c(cc1=O)-c1cc(Cl)ccc1C[C@](F)(C(F)F)CO2. The third kappa shape index (κ3) is 6.20. The summed E-state index contributed by atoms with van der Waals surface area (Å²) in [6.07, 6.45) is 0.360. The van der Waals surface area contributed by atoms with Crippen molar-refractivity contribution in [3.05, 3.63) is 51.4 Å². The van der Waals surface area contributed by atoms with Crippen LogP contribution < -0.4 is 10.3 Å². The van der Waals surface area contributed by atoms with Gasteiger partial charge in [-0.25, -0.2) is 18.0 Å². The second kappa shape index (κ2) is 10.6. The molecule has 0 bridgehead atoms. The second-order valence-corrected chi connectivity index (χ2v) is 11.8. The Kier molecular flexibility index (Phi) is 7.92. The molecule has 0 saturated heterocycles. The van der Waals surface area contributed by atoms with E-state index in [4.69, 9.17) is 25.8 Å². The smallest absolute Gasteiger partial charge is 0.329 e. The molecule has 38 heavy (non-hydrogen) atoms. The molecule has 0 N–H and O–H groups in total. The van der Waals surface area contributed by atoms with E-state index in [-0.39, 0.29) is 40.5 Å². The van der Waals surface area contributed by atoms with Crippen molar-refractivity contribution in [2.24, 2.45) is 0 Å². The molecule has 0 spiro atoms. The number of esters is 1.